The number of benzene rings is 11. The number of para-hydroxylation sites is 2. The van der Waals surface area contributed by atoms with E-state index in [0.717, 1.165) is 28.3 Å². The van der Waals surface area contributed by atoms with Gasteiger partial charge in [0, 0.05) is 27.5 Å². The van der Waals surface area contributed by atoms with Crippen molar-refractivity contribution in [3.8, 4) is 39.1 Å². The van der Waals surface area contributed by atoms with E-state index in [4.69, 9.17) is 0 Å². The lowest BCUT2D eigenvalue weighted by atomic mass is 9.91. The fraction of sp³-hybridized carbons (Fsp3) is 0. The van der Waals surface area contributed by atoms with Gasteiger partial charge >= 0.3 is 0 Å². The zero-order chi connectivity index (χ0) is 41.0. The van der Waals surface area contributed by atoms with Gasteiger partial charge in [-0.3, -0.25) is 0 Å². The maximum Gasteiger partial charge on any atom is 0.0562 e. The highest BCUT2D eigenvalue weighted by molar-refractivity contribution is 6.18. The van der Waals surface area contributed by atoms with E-state index in [0.29, 0.717) is 0 Å². The molecule has 0 radical (unpaired) electrons. The summed E-state index contributed by atoms with van der Waals surface area (Å²) in [5, 5.41) is 9.80. The van der Waals surface area contributed by atoms with Gasteiger partial charge in [-0.25, -0.2) is 0 Å². The van der Waals surface area contributed by atoms with Gasteiger partial charge in [0.1, 0.15) is 0 Å². The predicted octanol–water partition coefficient (Wildman–Crippen LogP) is 16.7. The fourth-order valence-corrected chi connectivity index (χ4v) is 9.77. The summed E-state index contributed by atoms with van der Waals surface area (Å²) >= 11 is 0. The molecule has 290 valence electrons. The molecule has 0 N–H and O–H groups in total. The Hall–Kier alpha value is -8.20. The smallest absolute Gasteiger partial charge is 0.0562 e. The molecular formula is C60H40N2. The third-order valence-corrected chi connectivity index (χ3v) is 12.6. The number of nitrogens with zero attached hydrogens (tertiary/aromatic N) is 2. The Morgan fingerprint density at radius 2 is 0.871 bits per heavy atom. The average molecular weight is 789 g/mol. The summed E-state index contributed by atoms with van der Waals surface area (Å²) in [5.74, 6) is 0. The summed E-state index contributed by atoms with van der Waals surface area (Å²) in [6.45, 7) is 0. The maximum atomic E-state index is 2.49. The summed E-state index contributed by atoms with van der Waals surface area (Å²) in [6, 6.07) is 88.5. The Morgan fingerprint density at radius 3 is 1.65 bits per heavy atom. The second-order valence-corrected chi connectivity index (χ2v) is 16.1. The zero-order valence-corrected chi connectivity index (χ0v) is 34.0. The molecule has 2 heteroatoms. The number of hydrogen-bond acceptors (Lipinski definition) is 1. The molecule has 0 fully saturated rings. The molecule has 12 rings (SSSR count). The van der Waals surface area contributed by atoms with E-state index in [1.54, 1.807) is 0 Å². The third kappa shape index (κ3) is 5.88. The van der Waals surface area contributed by atoms with Crippen LogP contribution in [0.4, 0.5) is 17.1 Å². The van der Waals surface area contributed by atoms with Gasteiger partial charge in [0.2, 0.25) is 0 Å². The predicted molar refractivity (Wildman–Crippen MR) is 264 cm³/mol. The van der Waals surface area contributed by atoms with Crippen LogP contribution >= 0.6 is 0 Å². The van der Waals surface area contributed by atoms with Crippen LogP contribution in [0.3, 0.4) is 0 Å². The SMILES string of the molecule is c1ccc(-c2cccc3cccc(-c4ccc(N(c5ccc(-c6ccc7ccccc7c6)c6ccccc56)c5cccc6c5c5ccccc5n6-c5ccccc5)cc4)c23)cc1. The average Bonchev–Trinajstić information content (AvgIpc) is 3.69. The van der Waals surface area contributed by atoms with Crippen LogP contribution in [0, 0.1) is 0 Å². The Balaban J connectivity index is 1.10. The molecule has 11 aromatic carbocycles. The standard InChI is InChI=1S/C60H40N2/c1-3-17-42(18-4-1)50-27-13-20-44-21-14-28-51(59(44)50)43-34-36-48(37-35-43)62(58-31-15-30-57-60(58)54-26-11-12-29-55(54)61(57)47-22-5-2-6-23-47)56-39-38-49(52-24-9-10-25-53(52)56)46-33-32-41-16-7-8-19-45(41)40-46/h1-40H. The molecule has 0 amide bonds. The van der Waals surface area contributed by atoms with Gasteiger partial charge in [-0.05, 0) is 115 Å². The fourth-order valence-electron chi connectivity index (χ4n) is 9.77. The van der Waals surface area contributed by atoms with Crippen molar-refractivity contribution in [2.24, 2.45) is 0 Å². The zero-order valence-electron chi connectivity index (χ0n) is 34.0. The van der Waals surface area contributed by atoms with Gasteiger partial charge in [-0.2, -0.15) is 0 Å². The largest absolute Gasteiger partial charge is 0.309 e. The number of aromatic nitrogens is 1. The minimum Gasteiger partial charge on any atom is -0.309 e. The van der Waals surface area contributed by atoms with Gasteiger partial charge in [0.05, 0.1) is 22.4 Å². The highest BCUT2D eigenvalue weighted by Crippen LogP contribution is 2.47. The summed E-state index contributed by atoms with van der Waals surface area (Å²) in [7, 11) is 0. The first-order chi connectivity index (χ1) is 30.8. The summed E-state index contributed by atoms with van der Waals surface area (Å²) < 4.78 is 2.40. The first kappa shape index (κ1) is 35.7. The van der Waals surface area contributed by atoms with E-state index < -0.39 is 0 Å². The van der Waals surface area contributed by atoms with Gasteiger partial charge < -0.3 is 9.47 Å². The molecule has 0 unspecified atom stereocenters. The highest BCUT2D eigenvalue weighted by Gasteiger charge is 2.23. The van der Waals surface area contributed by atoms with Crippen molar-refractivity contribution in [3.63, 3.8) is 0 Å². The van der Waals surface area contributed by atoms with E-state index in [1.165, 1.54) is 82.0 Å². The Labute approximate surface area is 360 Å². The first-order valence-corrected chi connectivity index (χ1v) is 21.3. The van der Waals surface area contributed by atoms with Gasteiger partial charge in [0.15, 0.2) is 0 Å². The van der Waals surface area contributed by atoms with Crippen molar-refractivity contribution in [2.45, 2.75) is 0 Å². The molecule has 0 spiro atoms. The minimum atomic E-state index is 1.09. The van der Waals surface area contributed by atoms with Crippen molar-refractivity contribution in [1.82, 2.24) is 4.57 Å². The second-order valence-electron chi connectivity index (χ2n) is 16.1. The quantitative estimate of drug-likeness (QED) is 0.156. The molecule has 0 aliphatic rings. The van der Waals surface area contributed by atoms with Crippen LogP contribution in [0.5, 0.6) is 0 Å². The van der Waals surface area contributed by atoms with E-state index in [-0.39, 0.29) is 0 Å². The Bertz CT molecular complexity index is 3620. The van der Waals surface area contributed by atoms with Crippen molar-refractivity contribution in [1.29, 1.82) is 0 Å². The number of anilines is 3. The first-order valence-electron chi connectivity index (χ1n) is 21.3. The maximum absolute atomic E-state index is 2.49. The molecule has 0 saturated heterocycles. The van der Waals surface area contributed by atoms with Gasteiger partial charge in [-0.1, -0.05) is 188 Å². The molecule has 1 heterocycles. The van der Waals surface area contributed by atoms with E-state index in [2.05, 4.69) is 252 Å². The lowest BCUT2D eigenvalue weighted by Crippen LogP contribution is -2.11. The van der Waals surface area contributed by atoms with Crippen molar-refractivity contribution in [2.75, 3.05) is 4.90 Å². The van der Waals surface area contributed by atoms with Gasteiger partial charge in [-0.15, -0.1) is 0 Å². The third-order valence-electron chi connectivity index (χ3n) is 12.6. The van der Waals surface area contributed by atoms with Crippen LogP contribution in [-0.4, -0.2) is 4.57 Å². The molecule has 1 aromatic heterocycles. The molecule has 0 atom stereocenters. The van der Waals surface area contributed by atoms with Gasteiger partial charge in [0.25, 0.3) is 0 Å². The van der Waals surface area contributed by atoms with Crippen molar-refractivity contribution < 1.29 is 0 Å². The minimum absolute atomic E-state index is 1.09. The van der Waals surface area contributed by atoms with Crippen molar-refractivity contribution in [3.05, 3.63) is 243 Å². The molecule has 2 nitrogen and oxygen atoms in total. The van der Waals surface area contributed by atoms with Crippen LogP contribution in [0.1, 0.15) is 0 Å². The van der Waals surface area contributed by atoms with Crippen molar-refractivity contribution >= 4 is 71.2 Å². The Kier molecular flexibility index (Phi) is 8.53. The molecular weight excluding hydrogens is 749 g/mol. The summed E-state index contributed by atoms with van der Waals surface area (Å²) in [4.78, 5) is 2.49. The number of fused-ring (bicyclic) bond motifs is 6. The van der Waals surface area contributed by atoms with Crippen LogP contribution in [-0.2, 0) is 0 Å². The topological polar surface area (TPSA) is 8.17 Å². The summed E-state index contributed by atoms with van der Waals surface area (Å²) in [5.41, 5.74) is 14.1. The lowest BCUT2D eigenvalue weighted by molar-refractivity contribution is 1.18. The lowest BCUT2D eigenvalue weighted by Gasteiger charge is -2.28. The van der Waals surface area contributed by atoms with Crippen LogP contribution in [0.25, 0.3) is 93.2 Å². The van der Waals surface area contributed by atoms with E-state index in [9.17, 15) is 0 Å². The normalized spacial score (nSPS) is 11.5. The monoisotopic (exact) mass is 788 g/mol. The van der Waals surface area contributed by atoms with E-state index >= 15 is 0 Å². The van der Waals surface area contributed by atoms with Crippen LogP contribution in [0.2, 0.25) is 0 Å². The molecule has 0 bridgehead atoms. The highest BCUT2D eigenvalue weighted by atomic mass is 15.1. The van der Waals surface area contributed by atoms with Crippen LogP contribution in [0.15, 0.2) is 243 Å². The van der Waals surface area contributed by atoms with Crippen LogP contribution < -0.4 is 4.90 Å². The number of hydrogen-bond donors (Lipinski definition) is 0. The molecule has 0 saturated carbocycles. The summed E-state index contributed by atoms with van der Waals surface area (Å²) in [6.07, 6.45) is 0. The number of rotatable bonds is 7. The molecule has 12 aromatic rings. The Morgan fingerprint density at radius 1 is 0.290 bits per heavy atom. The van der Waals surface area contributed by atoms with E-state index in [1.807, 2.05) is 0 Å². The second kappa shape index (κ2) is 14.8. The molecule has 0 aliphatic carbocycles. The molecule has 0 aliphatic heterocycles. The molecule has 62 heavy (non-hydrogen) atoms.